The Hall–Kier alpha value is -1.30. The van der Waals surface area contributed by atoms with Gasteiger partial charge < -0.3 is 0 Å². The Kier molecular flexibility index (Phi) is 5.49. The number of hydrogen-bond donors (Lipinski definition) is 0. The summed E-state index contributed by atoms with van der Waals surface area (Å²) in [5, 5.41) is 0. The molecule has 0 aromatic heterocycles. The fraction of sp³-hybridized carbons (Fsp3) is 0.286. The second kappa shape index (κ2) is 7.14. The largest absolute Gasteiger partial charge is 0.0845 e. The second-order valence-electron chi connectivity index (χ2n) is 3.34. The van der Waals surface area contributed by atoms with Crippen molar-refractivity contribution in [3.05, 3.63) is 54.1 Å². The molecule has 0 unspecified atom stereocenters. The first kappa shape index (κ1) is 10.8. The molecule has 0 amide bonds. The van der Waals surface area contributed by atoms with E-state index in [0.29, 0.717) is 0 Å². The van der Waals surface area contributed by atoms with Crippen LogP contribution < -0.4 is 0 Å². The highest BCUT2D eigenvalue weighted by atomic mass is 13.9. The summed E-state index contributed by atoms with van der Waals surface area (Å²) in [6.07, 6.45) is 12.3. The number of rotatable bonds is 5. The number of hydrogen-bond acceptors (Lipinski definition) is 0. The zero-order valence-corrected chi connectivity index (χ0v) is 8.82. The number of allylic oxidation sites excluding steroid dienone is 3. The van der Waals surface area contributed by atoms with Crippen LogP contribution in [0.5, 0.6) is 0 Å². The molecule has 14 heavy (non-hydrogen) atoms. The van der Waals surface area contributed by atoms with Gasteiger partial charge in [-0.3, -0.25) is 0 Å². The summed E-state index contributed by atoms with van der Waals surface area (Å²) in [7, 11) is 0. The molecule has 0 nitrogen and oxygen atoms in total. The van der Waals surface area contributed by atoms with Crippen molar-refractivity contribution >= 4 is 6.08 Å². The molecule has 1 aromatic carbocycles. The fourth-order valence-corrected chi connectivity index (χ4v) is 1.23. The van der Waals surface area contributed by atoms with Crippen LogP contribution in [0.15, 0.2) is 48.6 Å². The molecule has 0 aliphatic heterocycles. The molecule has 0 radical (unpaired) electrons. The molecule has 0 saturated carbocycles. The van der Waals surface area contributed by atoms with Crippen LogP contribution in [0.25, 0.3) is 6.08 Å². The lowest BCUT2D eigenvalue weighted by molar-refractivity contribution is 0.815. The van der Waals surface area contributed by atoms with E-state index in [-0.39, 0.29) is 0 Å². The van der Waals surface area contributed by atoms with E-state index in [9.17, 15) is 0 Å². The molecule has 0 heteroatoms. The Morgan fingerprint density at radius 2 is 1.86 bits per heavy atom. The summed E-state index contributed by atoms with van der Waals surface area (Å²) >= 11 is 0. The molecule has 0 aliphatic carbocycles. The highest BCUT2D eigenvalue weighted by molar-refractivity contribution is 5.50. The van der Waals surface area contributed by atoms with Crippen LogP contribution in [0.3, 0.4) is 0 Å². The normalized spacial score (nSPS) is 11.5. The van der Waals surface area contributed by atoms with Crippen molar-refractivity contribution < 1.29 is 0 Å². The monoisotopic (exact) mass is 186 g/mol. The first-order valence-corrected chi connectivity index (χ1v) is 5.31. The SMILES string of the molecule is CCCC/C=C\C=Cc1ccccc1. The van der Waals surface area contributed by atoms with Crippen LogP contribution >= 0.6 is 0 Å². The molecule has 0 heterocycles. The minimum absolute atomic E-state index is 1.19. The zero-order chi connectivity index (χ0) is 10.1. The Balaban J connectivity index is 2.31. The van der Waals surface area contributed by atoms with E-state index in [0.717, 1.165) is 0 Å². The third kappa shape index (κ3) is 4.66. The maximum atomic E-state index is 2.23. The summed E-state index contributed by atoms with van der Waals surface area (Å²) in [5.74, 6) is 0. The van der Waals surface area contributed by atoms with Gasteiger partial charge in [0.2, 0.25) is 0 Å². The molecule has 0 fully saturated rings. The van der Waals surface area contributed by atoms with Crippen molar-refractivity contribution in [2.45, 2.75) is 26.2 Å². The van der Waals surface area contributed by atoms with Gasteiger partial charge in [0.1, 0.15) is 0 Å². The molecule has 0 bridgehead atoms. The van der Waals surface area contributed by atoms with Crippen molar-refractivity contribution in [2.75, 3.05) is 0 Å². The Morgan fingerprint density at radius 3 is 2.57 bits per heavy atom. The standard InChI is InChI=1S/C14H18/c1-2-3-4-5-6-8-11-14-12-9-7-10-13-14/h5-13H,2-4H2,1H3/b6-5-,11-8?. The van der Waals surface area contributed by atoms with Crippen LogP contribution in [0.2, 0.25) is 0 Å². The van der Waals surface area contributed by atoms with Crippen molar-refractivity contribution in [1.29, 1.82) is 0 Å². The van der Waals surface area contributed by atoms with Gasteiger partial charge in [-0.2, -0.15) is 0 Å². The molecule has 0 atom stereocenters. The summed E-state index contributed by atoms with van der Waals surface area (Å²) in [4.78, 5) is 0. The minimum atomic E-state index is 1.19. The zero-order valence-electron chi connectivity index (χ0n) is 8.82. The molecule has 0 spiro atoms. The number of unbranched alkanes of at least 4 members (excludes halogenated alkanes) is 2. The molecule has 1 rings (SSSR count). The first-order valence-electron chi connectivity index (χ1n) is 5.31. The molecular weight excluding hydrogens is 168 g/mol. The van der Waals surface area contributed by atoms with Gasteiger partial charge in [0, 0.05) is 0 Å². The van der Waals surface area contributed by atoms with E-state index in [1.807, 2.05) is 6.07 Å². The smallest absolute Gasteiger partial charge is 0.0257 e. The average molecular weight is 186 g/mol. The quantitative estimate of drug-likeness (QED) is 0.471. The van der Waals surface area contributed by atoms with Crippen molar-refractivity contribution in [3.63, 3.8) is 0 Å². The number of benzene rings is 1. The lowest BCUT2D eigenvalue weighted by Gasteiger charge is -1.89. The second-order valence-corrected chi connectivity index (χ2v) is 3.34. The van der Waals surface area contributed by atoms with Crippen molar-refractivity contribution in [1.82, 2.24) is 0 Å². The average Bonchev–Trinajstić information content (AvgIpc) is 2.25. The van der Waals surface area contributed by atoms with Gasteiger partial charge in [-0.25, -0.2) is 0 Å². The molecule has 74 valence electrons. The van der Waals surface area contributed by atoms with Gasteiger partial charge in [-0.1, -0.05) is 74.4 Å². The molecule has 0 saturated heterocycles. The Morgan fingerprint density at radius 1 is 1.07 bits per heavy atom. The highest BCUT2D eigenvalue weighted by Crippen LogP contribution is 2.01. The van der Waals surface area contributed by atoms with E-state index >= 15 is 0 Å². The molecule has 0 aliphatic rings. The first-order chi connectivity index (χ1) is 6.93. The van der Waals surface area contributed by atoms with E-state index in [4.69, 9.17) is 0 Å². The van der Waals surface area contributed by atoms with E-state index < -0.39 is 0 Å². The van der Waals surface area contributed by atoms with Crippen molar-refractivity contribution in [3.8, 4) is 0 Å². The van der Waals surface area contributed by atoms with Crippen molar-refractivity contribution in [2.24, 2.45) is 0 Å². The third-order valence-corrected chi connectivity index (χ3v) is 2.06. The predicted octanol–water partition coefficient (Wildman–Crippen LogP) is 4.45. The summed E-state index contributed by atoms with van der Waals surface area (Å²) in [6, 6.07) is 10.4. The summed E-state index contributed by atoms with van der Waals surface area (Å²) in [6.45, 7) is 2.22. The van der Waals surface area contributed by atoms with Gasteiger partial charge in [0.05, 0.1) is 0 Å². The van der Waals surface area contributed by atoms with Gasteiger partial charge in [-0.05, 0) is 12.0 Å². The lowest BCUT2D eigenvalue weighted by Crippen LogP contribution is -1.67. The molecular formula is C14H18. The fourth-order valence-electron chi connectivity index (χ4n) is 1.23. The van der Waals surface area contributed by atoms with Crippen LogP contribution in [-0.2, 0) is 0 Å². The van der Waals surface area contributed by atoms with E-state index in [1.165, 1.54) is 24.8 Å². The Bertz CT molecular complexity index is 280. The van der Waals surface area contributed by atoms with Crippen LogP contribution in [0.1, 0.15) is 31.7 Å². The maximum Gasteiger partial charge on any atom is -0.0257 e. The Labute approximate surface area is 87.0 Å². The lowest BCUT2D eigenvalue weighted by atomic mass is 10.2. The van der Waals surface area contributed by atoms with Crippen LogP contribution in [0, 0.1) is 0 Å². The topological polar surface area (TPSA) is 0 Å². The highest BCUT2D eigenvalue weighted by Gasteiger charge is 1.80. The van der Waals surface area contributed by atoms with Gasteiger partial charge in [0.25, 0.3) is 0 Å². The van der Waals surface area contributed by atoms with E-state index in [2.05, 4.69) is 55.5 Å². The third-order valence-electron chi connectivity index (χ3n) is 2.06. The summed E-state index contributed by atoms with van der Waals surface area (Å²) in [5.41, 5.74) is 1.26. The molecule has 1 aromatic rings. The van der Waals surface area contributed by atoms with E-state index in [1.54, 1.807) is 0 Å². The van der Waals surface area contributed by atoms with Gasteiger partial charge in [0.15, 0.2) is 0 Å². The molecule has 0 N–H and O–H groups in total. The van der Waals surface area contributed by atoms with Crippen LogP contribution in [-0.4, -0.2) is 0 Å². The maximum absolute atomic E-state index is 2.23. The predicted molar refractivity (Wildman–Crippen MR) is 64.1 cm³/mol. The summed E-state index contributed by atoms with van der Waals surface area (Å²) < 4.78 is 0. The van der Waals surface area contributed by atoms with Gasteiger partial charge >= 0.3 is 0 Å². The van der Waals surface area contributed by atoms with Gasteiger partial charge in [-0.15, -0.1) is 0 Å². The van der Waals surface area contributed by atoms with Crippen LogP contribution in [0.4, 0.5) is 0 Å². The minimum Gasteiger partial charge on any atom is -0.0845 e.